The number of hydrogen-bond donors (Lipinski definition) is 1. The highest BCUT2D eigenvalue weighted by atomic mass is 14.9. The van der Waals surface area contributed by atoms with Gasteiger partial charge in [0.15, 0.2) is 0 Å². The van der Waals surface area contributed by atoms with E-state index in [-0.39, 0.29) is 0 Å². The van der Waals surface area contributed by atoms with Gasteiger partial charge in [-0.25, -0.2) is 0 Å². The number of fused-ring (bicyclic) bond motifs is 1. The minimum absolute atomic E-state index is 0.709. The fourth-order valence-corrected chi connectivity index (χ4v) is 4.31. The van der Waals surface area contributed by atoms with Gasteiger partial charge in [-0.1, -0.05) is 25.7 Å². The van der Waals surface area contributed by atoms with Gasteiger partial charge < -0.3 is 5.32 Å². The molecule has 102 valence electrons. The Morgan fingerprint density at radius 3 is 2.67 bits per heavy atom. The molecule has 2 aliphatic carbocycles. The Morgan fingerprint density at radius 1 is 1.17 bits per heavy atom. The Labute approximate surface area is 113 Å². The predicted molar refractivity (Wildman–Crippen MR) is 78.3 cm³/mol. The van der Waals surface area contributed by atoms with Gasteiger partial charge in [0.1, 0.15) is 0 Å². The van der Waals surface area contributed by atoms with Gasteiger partial charge in [-0.15, -0.1) is 12.3 Å². The zero-order valence-corrected chi connectivity index (χ0v) is 12.0. The van der Waals surface area contributed by atoms with Gasteiger partial charge in [-0.3, -0.25) is 0 Å². The molecule has 1 nitrogen and oxygen atoms in total. The summed E-state index contributed by atoms with van der Waals surface area (Å²) in [4.78, 5) is 0. The molecule has 0 aromatic heterocycles. The zero-order valence-electron chi connectivity index (χ0n) is 12.0. The molecule has 2 rings (SSSR count). The minimum Gasteiger partial charge on any atom is -0.317 e. The lowest BCUT2D eigenvalue weighted by Crippen LogP contribution is -2.39. The predicted octanol–water partition coefficient (Wildman–Crippen LogP) is 3.98. The third-order valence-electron chi connectivity index (χ3n) is 5.36. The molecule has 4 atom stereocenters. The molecule has 1 N–H and O–H groups in total. The van der Waals surface area contributed by atoms with Crippen molar-refractivity contribution in [2.75, 3.05) is 7.05 Å². The van der Waals surface area contributed by atoms with Crippen molar-refractivity contribution in [2.24, 2.45) is 17.8 Å². The Hall–Kier alpha value is -0.480. The van der Waals surface area contributed by atoms with Crippen LogP contribution in [0.1, 0.15) is 64.2 Å². The first kappa shape index (κ1) is 13.9. The second kappa shape index (κ2) is 7.19. The van der Waals surface area contributed by atoms with E-state index in [4.69, 9.17) is 6.42 Å². The molecule has 0 heterocycles. The van der Waals surface area contributed by atoms with Gasteiger partial charge in [0.2, 0.25) is 0 Å². The van der Waals surface area contributed by atoms with E-state index in [1.165, 1.54) is 57.8 Å². The van der Waals surface area contributed by atoms with Crippen LogP contribution in [0.3, 0.4) is 0 Å². The van der Waals surface area contributed by atoms with E-state index in [0.717, 1.165) is 24.2 Å². The third kappa shape index (κ3) is 3.51. The molecular formula is C17H29N. The molecule has 0 saturated heterocycles. The molecule has 0 aromatic rings. The Balaban J connectivity index is 1.82. The first-order chi connectivity index (χ1) is 8.85. The van der Waals surface area contributed by atoms with E-state index < -0.39 is 0 Å². The summed E-state index contributed by atoms with van der Waals surface area (Å²) < 4.78 is 0. The van der Waals surface area contributed by atoms with Gasteiger partial charge in [0.25, 0.3) is 0 Å². The van der Waals surface area contributed by atoms with E-state index in [2.05, 4.69) is 18.3 Å². The van der Waals surface area contributed by atoms with Crippen LogP contribution in [0.15, 0.2) is 0 Å². The van der Waals surface area contributed by atoms with Crippen molar-refractivity contribution in [3.05, 3.63) is 0 Å². The molecule has 0 aromatic carbocycles. The van der Waals surface area contributed by atoms with Crippen LogP contribution < -0.4 is 5.32 Å². The summed E-state index contributed by atoms with van der Waals surface area (Å²) in [5.41, 5.74) is 0. The Bertz CT molecular complexity index is 278. The summed E-state index contributed by atoms with van der Waals surface area (Å²) in [6.45, 7) is 0. The minimum atomic E-state index is 0.709. The molecule has 2 saturated carbocycles. The van der Waals surface area contributed by atoms with Crippen LogP contribution in [0.25, 0.3) is 0 Å². The van der Waals surface area contributed by atoms with Crippen molar-refractivity contribution in [3.63, 3.8) is 0 Å². The van der Waals surface area contributed by atoms with Crippen LogP contribution in [0.4, 0.5) is 0 Å². The van der Waals surface area contributed by atoms with Gasteiger partial charge in [-0.05, 0) is 56.9 Å². The molecule has 4 unspecified atom stereocenters. The number of unbranched alkanes of at least 4 members (excludes halogenated alkanes) is 1. The van der Waals surface area contributed by atoms with E-state index >= 15 is 0 Å². The van der Waals surface area contributed by atoms with E-state index in [1.807, 2.05) is 0 Å². The van der Waals surface area contributed by atoms with Crippen LogP contribution in [0.2, 0.25) is 0 Å². The standard InChI is InChI=1S/C17H29N/c1-3-4-5-10-17(18-2)16-12-11-14-8-6-7-9-15(14)13-16/h1,14-18H,4-13H2,2H3. The van der Waals surface area contributed by atoms with Gasteiger partial charge in [0, 0.05) is 12.5 Å². The first-order valence-electron chi connectivity index (χ1n) is 7.96. The van der Waals surface area contributed by atoms with Gasteiger partial charge >= 0.3 is 0 Å². The highest BCUT2D eigenvalue weighted by molar-refractivity contribution is 4.89. The number of nitrogens with one attached hydrogen (secondary N) is 1. The molecule has 0 bridgehead atoms. The lowest BCUT2D eigenvalue weighted by molar-refractivity contribution is 0.108. The molecule has 2 fully saturated rings. The van der Waals surface area contributed by atoms with Crippen molar-refractivity contribution in [2.45, 2.75) is 70.3 Å². The maximum Gasteiger partial charge on any atom is 0.00927 e. The molecular weight excluding hydrogens is 218 g/mol. The van der Waals surface area contributed by atoms with Crippen molar-refractivity contribution in [3.8, 4) is 12.3 Å². The topological polar surface area (TPSA) is 12.0 Å². The Morgan fingerprint density at radius 2 is 1.94 bits per heavy atom. The highest BCUT2D eigenvalue weighted by Crippen LogP contribution is 2.43. The maximum atomic E-state index is 5.35. The van der Waals surface area contributed by atoms with Crippen LogP contribution in [0.5, 0.6) is 0 Å². The smallest absolute Gasteiger partial charge is 0.00927 e. The number of hydrogen-bond acceptors (Lipinski definition) is 1. The lowest BCUT2D eigenvalue weighted by atomic mass is 9.66. The van der Waals surface area contributed by atoms with Crippen LogP contribution in [-0.4, -0.2) is 13.1 Å². The summed E-state index contributed by atoms with van der Waals surface area (Å²) in [7, 11) is 2.13. The highest BCUT2D eigenvalue weighted by Gasteiger charge is 2.34. The van der Waals surface area contributed by atoms with Crippen molar-refractivity contribution in [1.82, 2.24) is 5.32 Å². The van der Waals surface area contributed by atoms with Crippen LogP contribution in [0, 0.1) is 30.1 Å². The van der Waals surface area contributed by atoms with E-state index in [0.29, 0.717) is 6.04 Å². The molecule has 18 heavy (non-hydrogen) atoms. The number of rotatable bonds is 5. The van der Waals surface area contributed by atoms with E-state index in [1.54, 1.807) is 0 Å². The monoisotopic (exact) mass is 247 g/mol. The normalized spacial score (nSPS) is 33.4. The summed E-state index contributed by atoms with van der Waals surface area (Å²) in [6, 6.07) is 0.709. The third-order valence-corrected chi connectivity index (χ3v) is 5.36. The zero-order chi connectivity index (χ0) is 12.8. The summed E-state index contributed by atoms with van der Waals surface area (Å²) >= 11 is 0. The second-order valence-corrected chi connectivity index (χ2v) is 6.37. The average molecular weight is 247 g/mol. The SMILES string of the molecule is C#CCCCC(NC)C1CCC2CCCCC2C1. The van der Waals surface area contributed by atoms with Crippen LogP contribution >= 0.6 is 0 Å². The molecule has 2 aliphatic rings. The van der Waals surface area contributed by atoms with Crippen molar-refractivity contribution >= 4 is 0 Å². The summed E-state index contributed by atoms with van der Waals surface area (Å²) in [6.07, 6.45) is 19.1. The molecule has 0 radical (unpaired) electrons. The molecule has 1 heteroatoms. The lowest BCUT2D eigenvalue weighted by Gasteiger charge is -2.42. The number of terminal acetylenes is 1. The first-order valence-corrected chi connectivity index (χ1v) is 7.96. The van der Waals surface area contributed by atoms with Crippen molar-refractivity contribution in [1.29, 1.82) is 0 Å². The van der Waals surface area contributed by atoms with Gasteiger partial charge in [0.05, 0.1) is 0 Å². The summed E-state index contributed by atoms with van der Waals surface area (Å²) in [5, 5.41) is 3.56. The second-order valence-electron chi connectivity index (χ2n) is 6.37. The van der Waals surface area contributed by atoms with E-state index in [9.17, 15) is 0 Å². The summed E-state index contributed by atoms with van der Waals surface area (Å²) in [5.74, 6) is 5.79. The molecule has 0 aliphatic heterocycles. The fourth-order valence-electron chi connectivity index (χ4n) is 4.31. The average Bonchev–Trinajstić information content (AvgIpc) is 2.43. The van der Waals surface area contributed by atoms with Gasteiger partial charge in [-0.2, -0.15) is 0 Å². The maximum absolute atomic E-state index is 5.35. The van der Waals surface area contributed by atoms with Crippen LogP contribution in [-0.2, 0) is 0 Å². The largest absolute Gasteiger partial charge is 0.317 e. The fraction of sp³-hybridized carbons (Fsp3) is 0.882. The molecule has 0 spiro atoms. The molecule has 0 amide bonds. The quantitative estimate of drug-likeness (QED) is 0.572. The van der Waals surface area contributed by atoms with Crippen molar-refractivity contribution < 1.29 is 0 Å². The Kier molecular flexibility index (Phi) is 5.57.